The normalized spacial score (nSPS) is 11.0. The fourth-order valence-electron chi connectivity index (χ4n) is 3.07. The zero-order valence-electron chi connectivity index (χ0n) is 15.8. The summed E-state index contributed by atoms with van der Waals surface area (Å²) in [4.78, 5) is 4.61. The molecule has 0 unspecified atom stereocenters. The van der Waals surface area contributed by atoms with E-state index in [0.717, 1.165) is 42.8 Å². The van der Waals surface area contributed by atoms with Crippen molar-refractivity contribution in [3.63, 3.8) is 0 Å². The first-order chi connectivity index (χ1) is 14.7. The molecular formula is C22H15FN4OS2. The van der Waals surface area contributed by atoms with Crippen LogP contribution in [0.25, 0.3) is 31.9 Å². The molecule has 148 valence electrons. The lowest BCUT2D eigenvalue weighted by Crippen LogP contribution is -1.88. The van der Waals surface area contributed by atoms with Crippen molar-refractivity contribution < 1.29 is 9.13 Å². The average molecular weight is 435 g/mol. The third-order valence-electron chi connectivity index (χ3n) is 4.55. The van der Waals surface area contributed by atoms with Gasteiger partial charge in [-0.15, -0.1) is 10.2 Å². The van der Waals surface area contributed by atoms with Gasteiger partial charge in [-0.1, -0.05) is 65.1 Å². The van der Waals surface area contributed by atoms with Crippen LogP contribution in [0, 0.1) is 5.82 Å². The Morgan fingerprint density at radius 2 is 1.50 bits per heavy atom. The van der Waals surface area contributed by atoms with Crippen molar-refractivity contribution in [3.8, 4) is 27.4 Å². The third-order valence-corrected chi connectivity index (χ3v) is 6.37. The molecule has 0 aliphatic rings. The number of methoxy groups -OCH3 is 1. The van der Waals surface area contributed by atoms with Crippen LogP contribution in [0.15, 0.2) is 66.7 Å². The van der Waals surface area contributed by atoms with Crippen molar-refractivity contribution in [2.24, 2.45) is 0 Å². The first-order valence-electron chi connectivity index (χ1n) is 9.10. The lowest BCUT2D eigenvalue weighted by Gasteiger charge is -2.02. The molecule has 2 heterocycles. The fraction of sp³-hybridized carbons (Fsp3) is 0.0455. The molecule has 1 N–H and O–H groups in total. The molecule has 30 heavy (non-hydrogen) atoms. The molecule has 2 aromatic heterocycles. The summed E-state index contributed by atoms with van der Waals surface area (Å²) in [6.45, 7) is 0. The lowest BCUT2D eigenvalue weighted by atomic mass is 10.0. The van der Waals surface area contributed by atoms with Crippen LogP contribution in [-0.2, 0) is 0 Å². The number of nitrogens with one attached hydrogen (secondary N) is 1. The van der Waals surface area contributed by atoms with Crippen LogP contribution in [0.5, 0.6) is 5.75 Å². The molecule has 0 saturated carbocycles. The molecule has 8 heteroatoms. The predicted octanol–water partition coefficient (Wildman–Crippen LogP) is 6.37. The van der Waals surface area contributed by atoms with Gasteiger partial charge in [-0.05, 0) is 35.4 Å². The topological polar surface area (TPSA) is 59.9 Å². The lowest BCUT2D eigenvalue weighted by molar-refractivity contribution is 0.419. The minimum Gasteiger partial charge on any atom is -0.494 e. The van der Waals surface area contributed by atoms with Gasteiger partial charge < -0.3 is 10.1 Å². The minimum absolute atomic E-state index is 0.240. The summed E-state index contributed by atoms with van der Waals surface area (Å²) < 4.78 is 19.5. The molecule has 0 fully saturated rings. The van der Waals surface area contributed by atoms with Crippen LogP contribution >= 0.6 is 22.7 Å². The van der Waals surface area contributed by atoms with Crippen molar-refractivity contribution in [2.45, 2.75) is 0 Å². The molecule has 0 aliphatic carbocycles. The fourth-order valence-corrected chi connectivity index (χ4v) is 4.77. The number of anilines is 2. The number of hydrogen-bond donors (Lipinski definition) is 1. The Bertz CT molecular complexity index is 1310. The number of nitrogens with zero attached hydrogens (tertiary/aromatic N) is 3. The second kappa shape index (κ2) is 7.81. The predicted molar refractivity (Wildman–Crippen MR) is 120 cm³/mol. The van der Waals surface area contributed by atoms with Crippen LogP contribution in [-0.4, -0.2) is 22.3 Å². The number of halogens is 1. The molecule has 0 radical (unpaired) electrons. The van der Waals surface area contributed by atoms with Crippen molar-refractivity contribution >= 4 is 43.2 Å². The van der Waals surface area contributed by atoms with E-state index >= 15 is 0 Å². The summed E-state index contributed by atoms with van der Waals surface area (Å²) in [5, 5.41) is 14.0. The summed E-state index contributed by atoms with van der Waals surface area (Å²) in [7, 11) is 1.64. The number of benzene rings is 3. The van der Waals surface area contributed by atoms with Crippen LogP contribution in [0.2, 0.25) is 0 Å². The average Bonchev–Trinajstić information content (AvgIpc) is 3.41. The first kappa shape index (κ1) is 18.7. The van der Waals surface area contributed by atoms with Crippen molar-refractivity contribution in [3.05, 3.63) is 72.5 Å². The van der Waals surface area contributed by atoms with E-state index in [2.05, 4.69) is 20.5 Å². The zero-order valence-corrected chi connectivity index (χ0v) is 17.4. The Morgan fingerprint density at radius 1 is 0.800 bits per heavy atom. The number of fused-ring (bicyclic) bond motifs is 1. The Hall–Kier alpha value is -3.36. The molecule has 5 aromatic rings. The zero-order chi connectivity index (χ0) is 20.5. The van der Waals surface area contributed by atoms with Crippen molar-refractivity contribution in [1.82, 2.24) is 15.2 Å². The highest BCUT2D eigenvalue weighted by Crippen LogP contribution is 2.35. The van der Waals surface area contributed by atoms with Gasteiger partial charge >= 0.3 is 0 Å². The Kier molecular flexibility index (Phi) is 4.86. The van der Waals surface area contributed by atoms with E-state index in [4.69, 9.17) is 4.74 Å². The van der Waals surface area contributed by atoms with Gasteiger partial charge in [0.05, 0.1) is 11.8 Å². The van der Waals surface area contributed by atoms with Gasteiger partial charge in [0.2, 0.25) is 5.13 Å². The summed E-state index contributed by atoms with van der Waals surface area (Å²) in [6.07, 6.45) is 0. The van der Waals surface area contributed by atoms with E-state index in [1.54, 1.807) is 19.2 Å². The van der Waals surface area contributed by atoms with E-state index in [1.165, 1.54) is 34.8 Å². The third kappa shape index (κ3) is 3.62. The second-order valence-corrected chi connectivity index (χ2v) is 8.46. The molecule has 5 nitrogen and oxygen atoms in total. The molecular weight excluding hydrogens is 419 g/mol. The Balaban J connectivity index is 1.36. The van der Waals surface area contributed by atoms with Crippen LogP contribution < -0.4 is 10.1 Å². The summed E-state index contributed by atoms with van der Waals surface area (Å²) in [6, 6.07) is 20.3. The summed E-state index contributed by atoms with van der Waals surface area (Å²) in [5.41, 5.74) is 3.78. The number of hydrogen-bond acceptors (Lipinski definition) is 7. The largest absolute Gasteiger partial charge is 0.494 e. The second-order valence-electron chi connectivity index (χ2n) is 6.45. The Morgan fingerprint density at radius 3 is 2.23 bits per heavy atom. The highest BCUT2D eigenvalue weighted by atomic mass is 32.1. The van der Waals surface area contributed by atoms with Crippen LogP contribution in [0.4, 0.5) is 14.7 Å². The summed E-state index contributed by atoms with van der Waals surface area (Å²) >= 11 is 2.99. The SMILES string of the molecule is COc1cccc2sc(Nc3nnc(-c4ccc(-c5ccc(F)cc5)cc4)s3)nc12. The maximum atomic E-state index is 13.1. The summed E-state index contributed by atoms with van der Waals surface area (Å²) in [5.74, 6) is 0.506. The van der Waals surface area contributed by atoms with Crippen LogP contribution in [0.3, 0.4) is 0 Å². The maximum Gasteiger partial charge on any atom is 0.212 e. The molecule has 3 aromatic carbocycles. The minimum atomic E-state index is -0.240. The number of aromatic nitrogens is 3. The van der Waals surface area contributed by atoms with E-state index < -0.39 is 0 Å². The van der Waals surface area contributed by atoms with Gasteiger partial charge in [0, 0.05) is 5.56 Å². The highest BCUT2D eigenvalue weighted by molar-refractivity contribution is 7.23. The number of thiazole rings is 1. The first-order valence-corrected chi connectivity index (χ1v) is 10.7. The smallest absolute Gasteiger partial charge is 0.212 e. The number of ether oxygens (including phenoxy) is 1. The van der Waals surface area contributed by atoms with Crippen molar-refractivity contribution in [1.29, 1.82) is 0 Å². The van der Waals surface area contributed by atoms with Gasteiger partial charge in [-0.2, -0.15) is 0 Å². The van der Waals surface area contributed by atoms with E-state index in [9.17, 15) is 4.39 Å². The van der Waals surface area contributed by atoms with Gasteiger partial charge in [0.1, 0.15) is 22.1 Å². The quantitative estimate of drug-likeness (QED) is 0.348. The maximum absolute atomic E-state index is 13.1. The molecule has 0 saturated heterocycles. The van der Waals surface area contributed by atoms with E-state index in [1.807, 2.05) is 42.5 Å². The monoisotopic (exact) mass is 434 g/mol. The van der Waals surface area contributed by atoms with E-state index in [0.29, 0.717) is 5.13 Å². The molecule has 0 bridgehead atoms. The van der Waals surface area contributed by atoms with Crippen molar-refractivity contribution in [2.75, 3.05) is 12.4 Å². The van der Waals surface area contributed by atoms with Gasteiger partial charge in [-0.25, -0.2) is 9.37 Å². The van der Waals surface area contributed by atoms with Gasteiger partial charge in [0.25, 0.3) is 0 Å². The van der Waals surface area contributed by atoms with E-state index in [-0.39, 0.29) is 5.82 Å². The van der Waals surface area contributed by atoms with Gasteiger partial charge in [0.15, 0.2) is 5.13 Å². The standard InChI is InChI=1S/C22H15FN4OS2/c1-28-17-3-2-4-18-19(17)24-21(29-18)25-22-27-26-20(30-22)15-7-5-13(6-8-15)14-9-11-16(23)12-10-14/h2-12H,1H3,(H,24,25,27). The molecule has 0 atom stereocenters. The number of para-hydroxylation sites is 1. The molecule has 0 amide bonds. The van der Waals surface area contributed by atoms with Gasteiger partial charge in [-0.3, -0.25) is 0 Å². The highest BCUT2D eigenvalue weighted by Gasteiger charge is 2.12. The number of rotatable bonds is 5. The molecule has 0 spiro atoms. The molecule has 0 aliphatic heterocycles. The Labute approximate surface area is 179 Å². The molecule has 5 rings (SSSR count). The van der Waals surface area contributed by atoms with Crippen LogP contribution in [0.1, 0.15) is 0 Å².